The summed E-state index contributed by atoms with van der Waals surface area (Å²) in [6.45, 7) is 3.96. The van der Waals surface area contributed by atoms with Crippen molar-refractivity contribution in [3.63, 3.8) is 0 Å². The number of carbonyl (C=O) groups is 1. The van der Waals surface area contributed by atoms with Crippen molar-refractivity contribution in [2.45, 2.75) is 38.8 Å². The van der Waals surface area contributed by atoms with E-state index >= 15 is 0 Å². The average molecular weight is 471 g/mol. The Morgan fingerprint density at radius 2 is 1.86 bits per heavy atom. The van der Waals surface area contributed by atoms with Gasteiger partial charge in [0.2, 0.25) is 5.91 Å². The molecule has 4 aromatic rings. The van der Waals surface area contributed by atoms with Crippen molar-refractivity contribution < 1.29 is 4.79 Å². The highest BCUT2D eigenvalue weighted by Gasteiger charge is 2.36. The zero-order valence-corrected chi connectivity index (χ0v) is 19.5. The highest BCUT2D eigenvalue weighted by atomic mass is 16.2. The molecule has 1 aromatic carbocycles. The maximum absolute atomic E-state index is 13.2. The minimum atomic E-state index is -0.189. The molecule has 1 saturated heterocycles. The molecule has 9 heteroatoms. The third kappa shape index (κ3) is 3.67. The van der Waals surface area contributed by atoms with Crippen LogP contribution in [0, 0.1) is 12.8 Å². The Balaban J connectivity index is 1.21. The summed E-state index contributed by atoms with van der Waals surface area (Å²) in [6.07, 6.45) is 2.76. The molecular weight excluding hydrogens is 444 g/mol. The van der Waals surface area contributed by atoms with Crippen molar-refractivity contribution in [2.75, 3.05) is 13.1 Å². The van der Waals surface area contributed by atoms with Gasteiger partial charge in [0.1, 0.15) is 11.2 Å². The lowest BCUT2D eigenvalue weighted by molar-refractivity contribution is -0.134. The summed E-state index contributed by atoms with van der Waals surface area (Å²) in [5, 5.41) is 4.81. The van der Waals surface area contributed by atoms with Gasteiger partial charge in [0.25, 0.3) is 11.1 Å². The molecule has 1 fully saturated rings. The molecule has 2 aliphatic rings. The van der Waals surface area contributed by atoms with E-state index in [-0.39, 0.29) is 41.8 Å². The Morgan fingerprint density at radius 3 is 2.69 bits per heavy atom. The molecule has 1 amide bonds. The minimum absolute atomic E-state index is 0.0257. The largest absolute Gasteiger partial charge is 0.342 e. The van der Waals surface area contributed by atoms with Gasteiger partial charge in [0.15, 0.2) is 5.65 Å². The Hall–Kier alpha value is -4.01. The van der Waals surface area contributed by atoms with E-state index < -0.39 is 0 Å². The lowest BCUT2D eigenvalue weighted by Gasteiger charge is -2.42. The van der Waals surface area contributed by atoms with Gasteiger partial charge in [0.05, 0.1) is 11.9 Å². The first kappa shape index (κ1) is 21.5. The smallest absolute Gasteiger partial charge is 0.264 e. The van der Waals surface area contributed by atoms with E-state index in [0.717, 1.165) is 17.8 Å². The summed E-state index contributed by atoms with van der Waals surface area (Å²) in [5.74, 6) is 1.03. The van der Waals surface area contributed by atoms with Gasteiger partial charge in [-0.1, -0.05) is 24.3 Å². The van der Waals surface area contributed by atoms with Crippen LogP contribution in [0.15, 0.2) is 64.3 Å². The first-order valence-electron chi connectivity index (χ1n) is 12.0. The molecule has 9 nitrogen and oxygen atoms in total. The molecule has 2 aliphatic heterocycles. The normalized spacial score (nSPS) is 19.1. The van der Waals surface area contributed by atoms with Crippen molar-refractivity contribution >= 4 is 16.9 Å². The second-order valence-corrected chi connectivity index (χ2v) is 9.49. The lowest BCUT2D eigenvalue weighted by atomic mass is 9.83. The monoisotopic (exact) mass is 470 g/mol. The minimum Gasteiger partial charge on any atom is -0.342 e. The van der Waals surface area contributed by atoms with Gasteiger partial charge < -0.3 is 9.47 Å². The standard InChI is InChI=1S/C26H26N6O3/c1-17-28-25-21(13-27-32(25)20-6-3-2-4-7-20)26(35)30(17)11-10-23(33)29-14-18-12-19(16-29)22-8-5-9-24(34)31(22)15-18/h2-9,13,18-19H,10-12,14-16H2,1H3. The number of rotatable bonds is 4. The van der Waals surface area contributed by atoms with E-state index in [0.29, 0.717) is 36.5 Å². The Labute approximate surface area is 201 Å². The number of aromatic nitrogens is 5. The van der Waals surface area contributed by atoms with Gasteiger partial charge in [-0.15, -0.1) is 0 Å². The number of aryl methyl sites for hydroxylation is 1. The number of fused-ring (bicyclic) bond motifs is 5. The maximum atomic E-state index is 13.2. The summed E-state index contributed by atoms with van der Waals surface area (Å²) in [6, 6.07) is 15.0. The molecule has 35 heavy (non-hydrogen) atoms. The van der Waals surface area contributed by atoms with Crippen molar-refractivity contribution in [3.05, 3.63) is 87.0 Å². The molecule has 6 rings (SSSR count). The van der Waals surface area contributed by atoms with E-state index in [1.165, 1.54) is 0 Å². The van der Waals surface area contributed by atoms with Crippen LogP contribution in [0.25, 0.3) is 16.7 Å². The van der Waals surface area contributed by atoms with Crippen molar-refractivity contribution in [1.82, 2.24) is 28.8 Å². The fourth-order valence-electron chi connectivity index (χ4n) is 5.59. The van der Waals surface area contributed by atoms with E-state index in [9.17, 15) is 14.4 Å². The van der Waals surface area contributed by atoms with Crippen molar-refractivity contribution in [2.24, 2.45) is 5.92 Å². The zero-order chi connectivity index (χ0) is 24.1. The zero-order valence-electron chi connectivity index (χ0n) is 19.5. The number of carbonyl (C=O) groups excluding carboxylic acids is 1. The number of piperidine rings is 1. The molecule has 0 spiro atoms. The SMILES string of the molecule is Cc1nc2c(cnn2-c2ccccc2)c(=O)n1CCC(=O)N1CC2CC(C1)c1cccc(=O)n1C2. The number of nitrogens with zero attached hydrogens (tertiary/aromatic N) is 6. The first-order chi connectivity index (χ1) is 17.0. The predicted molar refractivity (Wildman–Crippen MR) is 131 cm³/mol. The highest BCUT2D eigenvalue weighted by Crippen LogP contribution is 2.35. The number of hydrogen-bond donors (Lipinski definition) is 0. The van der Waals surface area contributed by atoms with Crippen LogP contribution in [0.3, 0.4) is 0 Å². The van der Waals surface area contributed by atoms with Crippen LogP contribution in [-0.4, -0.2) is 47.8 Å². The van der Waals surface area contributed by atoms with Crippen LogP contribution in [-0.2, 0) is 17.9 Å². The van der Waals surface area contributed by atoms with E-state index in [1.54, 1.807) is 34.5 Å². The number of pyridine rings is 1. The molecular formula is C26H26N6O3. The van der Waals surface area contributed by atoms with Crippen LogP contribution in [0.4, 0.5) is 0 Å². The van der Waals surface area contributed by atoms with Crippen molar-refractivity contribution in [3.8, 4) is 5.69 Å². The molecule has 3 aromatic heterocycles. The van der Waals surface area contributed by atoms with Crippen LogP contribution in [0.2, 0.25) is 0 Å². The fourth-order valence-corrected chi connectivity index (χ4v) is 5.59. The molecule has 0 radical (unpaired) electrons. The first-order valence-corrected chi connectivity index (χ1v) is 12.0. The summed E-state index contributed by atoms with van der Waals surface area (Å²) in [4.78, 5) is 45.2. The molecule has 2 atom stereocenters. The molecule has 178 valence electrons. The number of amides is 1. The molecule has 2 unspecified atom stereocenters. The third-order valence-corrected chi connectivity index (χ3v) is 7.26. The summed E-state index contributed by atoms with van der Waals surface area (Å²) in [5.41, 5.74) is 2.21. The van der Waals surface area contributed by atoms with Crippen LogP contribution in [0.1, 0.15) is 30.3 Å². The molecule has 2 bridgehead atoms. The van der Waals surface area contributed by atoms with Crippen LogP contribution in [0.5, 0.6) is 0 Å². The van der Waals surface area contributed by atoms with Gasteiger partial charge in [-0.2, -0.15) is 5.10 Å². The van der Waals surface area contributed by atoms with Gasteiger partial charge in [0, 0.05) is 50.3 Å². The lowest BCUT2D eigenvalue weighted by Crippen LogP contribution is -2.49. The van der Waals surface area contributed by atoms with Gasteiger partial charge in [-0.25, -0.2) is 9.67 Å². The van der Waals surface area contributed by atoms with Gasteiger partial charge in [-0.3, -0.25) is 19.0 Å². The fraction of sp³-hybridized carbons (Fsp3) is 0.346. The molecule has 0 aliphatic carbocycles. The number of likely N-dealkylation sites (tertiary alicyclic amines) is 1. The van der Waals surface area contributed by atoms with E-state index in [1.807, 2.05) is 45.9 Å². The second kappa shape index (κ2) is 8.33. The summed E-state index contributed by atoms with van der Waals surface area (Å²) in [7, 11) is 0. The highest BCUT2D eigenvalue weighted by molar-refractivity contribution is 5.77. The average Bonchev–Trinajstić information content (AvgIpc) is 3.29. The van der Waals surface area contributed by atoms with Gasteiger partial charge in [-0.05, 0) is 37.5 Å². The van der Waals surface area contributed by atoms with Crippen molar-refractivity contribution in [1.29, 1.82) is 0 Å². The van der Waals surface area contributed by atoms with Crippen LogP contribution >= 0.6 is 0 Å². The quantitative estimate of drug-likeness (QED) is 0.455. The molecule has 5 heterocycles. The van der Waals surface area contributed by atoms with E-state index in [2.05, 4.69) is 10.1 Å². The Bertz CT molecular complexity index is 1550. The maximum Gasteiger partial charge on any atom is 0.264 e. The number of hydrogen-bond acceptors (Lipinski definition) is 5. The third-order valence-electron chi connectivity index (χ3n) is 7.26. The topological polar surface area (TPSA) is 95.0 Å². The number of benzene rings is 1. The summed E-state index contributed by atoms with van der Waals surface area (Å²) >= 11 is 0. The molecule has 0 saturated carbocycles. The predicted octanol–water partition coefficient (Wildman–Crippen LogP) is 2.09. The summed E-state index contributed by atoms with van der Waals surface area (Å²) < 4.78 is 5.09. The number of para-hydroxylation sites is 1. The van der Waals surface area contributed by atoms with Crippen LogP contribution < -0.4 is 11.1 Å². The van der Waals surface area contributed by atoms with E-state index in [4.69, 9.17) is 0 Å². The molecule has 0 N–H and O–H groups in total. The second-order valence-electron chi connectivity index (χ2n) is 9.49. The Kier molecular flexibility index (Phi) is 5.12. The van der Waals surface area contributed by atoms with Gasteiger partial charge >= 0.3 is 0 Å². The Morgan fingerprint density at radius 1 is 1.03 bits per heavy atom.